The van der Waals surface area contributed by atoms with E-state index >= 15 is 0 Å². The van der Waals surface area contributed by atoms with Crippen LogP contribution in [-0.2, 0) is 9.53 Å². The molecule has 0 heterocycles. The van der Waals surface area contributed by atoms with E-state index < -0.39 is 24.0 Å². The molecule has 138 valence electrons. The molecule has 1 amide bonds. The number of aliphatic carboxylic acids is 1. The molecular formula is C22H21NO4. The largest absolute Gasteiger partial charge is 0.481 e. The van der Waals surface area contributed by atoms with E-state index in [1.54, 1.807) is 6.08 Å². The van der Waals surface area contributed by atoms with Gasteiger partial charge in [0.15, 0.2) is 0 Å². The molecule has 0 fully saturated rings. The van der Waals surface area contributed by atoms with Crippen LogP contribution in [-0.4, -0.2) is 29.8 Å². The van der Waals surface area contributed by atoms with Crippen molar-refractivity contribution in [1.29, 1.82) is 0 Å². The van der Waals surface area contributed by atoms with Crippen molar-refractivity contribution in [2.75, 3.05) is 6.61 Å². The summed E-state index contributed by atoms with van der Waals surface area (Å²) in [6, 6.07) is 15.7. The zero-order valence-corrected chi connectivity index (χ0v) is 14.8. The van der Waals surface area contributed by atoms with Crippen molar-refractivity contribution in [2.45, 2.75) is 24.8 Å². The van der Waals surface area contributed by atoms with Gasteiger partial charge < -0.3 is 15.2 Å². The number of alkyl carbamates (subject to hydrolysis) is 1. The summed E-state index contributed by atoms with van der Waals surface area (Å²) in [6.45, 7) is 0.216. The van der Waals surface area contributed by atoms with Crippen LogP contribution in [0, 0.1) is 5.92 Å². The average molecular weight is 363 g/mol. The summed E-state index contributed by atoms with van der Waals surface area (Å²) in [7, 11) is 0. The van der Waals surface area contributed by atoms with Gasteiger partial charge in [0.1, 0.15) is 6.61 Å². The minimum absolute atomic E-state index is 0.0136. The lowest BCUT2D eigenvalue weighted by Crippen LogP contribution is -2.43. The van der Waals surface area contributed by atoms with Gasteiger partial charge in [0.05, 0.1) is 12.0 Å². The summed E-state index contributed by atoms with van der Waals surface area (Å²) in [5, 5.41) is 12.0. The van der Waals surface area contributed by atoms with Crippen LogP contribution in [0.3, 0.4) is 0 Å². The van der Waals surface area contributed by atoms with E-state index in [9.17, 15) is 14.7 Å². The molecule has 2 aromatic carbocycles. The first-order valence-corrected chi connectivity index (χ1v) is 9.16. The van der Waals surface area contributed by atoms with Crippen LogP contribution in [0.25, 0.3) is 11.1 Å². The molecule has 0 saturated carbocycles. The highest BCUT2D eigenvalue weighted by atomic mass is 16.5. The Bertz CT molecular complexity index is 859. The number of hydrogen-bond acceptors (Lipinski definition) is 3. The lowest BCUT2D eigenvalue weighted by molar-refractivity contribution is -0.142. The molecule has 2 atom stereocenters. The van der Waals surface area contributed by atoms with E-state index in [2.05, 4.69) is 29.6 Å². The van der Waals surface area contributed by atoms with Crippen molar-refractivity contribution >= 4 is 12.1 Å². The summed E-state index contributed by atoms with van der Waals surface area (Å²) >= 11 is 0. The number of carbonyl (C=O) groups excluding carboxylic acids is 1. The van der Waals surface area contributed by atoms with Gasteiger partial charge >= 0.3 is 12.1 Å². The van der Waals surface area contributed by atoms with Crippen LogP contribution in [0.5, 0.6) is 0 Å². The van der Waals surface area contributed by atoms with Gasteiger partial charge in [-0.25, -0.2) is 4.79 Å². The van der Waals surface area contributed by atoms with E-state index in [1.807, 2.05) is 30.3 Å². The first-order valence-electron chi connectivity index (χ1n) is 9.16. The number of ether oxygens (including phenoxy) is 1. The fourth-order valence-electron chi connectivity index (χ4n) is 4.03. The lowest BCUT2D eigenvalue weighted by atomic mass is 9.90. The summed E-state index contributed by atoms with van der Waals surface area (Å²) in [6.07, 6.45) is 4.28. The number of hydrogen-bond donors (Lipinski definition) is 2. The van der Waals surface area contributed by atoms with Gasteiger partial charge in [0.2, 0.25) is 0 Å². The second kappa shape index (κ2) is 7.27. The molecule has 27 heavy (non-hydrogen) atoms. The third-order valence-corrected chi connectivity index (χ3v) is 5.37. The second-order valence-corrected chi connectivity index (χ2v) is 6.95. The van der Waals surface area contributed by atoms with Crippen molar-refractivity contribution in [3.05, 3.63) is 71.8 Å². The summed E-state index contributed by atoms with van der Waals surface area (Å²) < 4.78 is 5.49. The lowest BCUT2D eigenvalue weighted by Gasteiger charge is -2.25. The van der Waals surface area contributed by atoms with Crippen molar-refractivity contribution in [3.63, 3.8) is 0 Å². The molecule has 2 aliphatic rings. The molecule has 0 bridgehead atoms. The maximum Gasteiger partial charge on any atom is 0.407 e. The molecule has 5 heteroatoms. The van der Waals surface area contributed by atoms with Crippen molar-refractivity contribution < 1.29 is 19.4 Å². The summed E-state index contributed by atoms with van der Waals surface area (Å²) in [5.41, 5.74) is 4.63. The molecule has 0 radical (unpaired) electrons. The molecule has 0 saturated heterocycles. The Labute approximate surface area is 157 Å². The standard InChI is InChI=1S/C22H21NO4/c24-21(25)18-11-5-6-12-20(18)23-22(26)27-13-19-16-9-3-1-7-14(16)15-8-2-4-10-17(15)19/h1-4,6-10,12,18-20H,5,11,13H2,(H,23,26)(H,24,25)/t18-,20-/m1/s1. The molecule has 5 nitrogen and oxygen atoms in total. The smallest absolute Gasteiger partial charge is 0.407 e. The van der Waals surface area contributed by atoms with Gasteiger partial charge in [-0.1, -0.05) is 60.7 Å². The molecular weight excluding hydrogens is 342 g/mol. The highest BCUT2D eigenvalue weighted by molar-refractivity contribution is 5.79. The van der Waals surface area contributed by atoms with Crippen molar-refractivity contribution in [2.24, 2.45) is 5.92 Å². The molecule has 2 aromatic rings. The van der Waals surface area contributed by atoms with E-state index in [0.29, 0.717) is 12.8 Å². The minimum Gasteiger partial charge on any atom is -0.481 e. The Morgan fingerprint density at radius 3 is 2.30 bits per heavy atom. The highest BCUT2D eigenvalue weighted by Crippen LogP contribution is 2.44. The first kappa shape index (κ1) is 17.3. The van der Waals surface area contributed by atoms with Crippen LogP contribution in [0.2, 0.25) is 0 Å². The number of carboxylic acids is 1. The quantitative estimate of drug-likeness (QED) is 0.807. The number of fused-ring (bicyclic) bond motifs is 3. The number of allylic oxidation sites excluding steroid dienone is 1. The monoisotopic (exact) mass is 363 g/mol. The van der Waals surface area contributed by atoms with Gasteiger partial charge in [-0.2, -0.15) is 0 Å². The number of rotatable bonds is 4. The predicted octanol–water partition coefficient (Wildman–Crippen LogP) is 3.94. The molecule has 2 aliphatic carbocycles. The maximum absolute atomic E-state index is 12.3. The number of nitrogens with one attached hydrogen (secondary N) is 1. The van der Waals surface area contributed by atoms with Crippen LogP contribution < -0.4 is 5.32 Å². The fourth-order valence-corrected chi connectivity index (χ4v) is 4.03. The number of carbonyl (C=O) groups is 2. The number of carboxylic acid groups (broad SMARTS) is 1. The number of benzene rings is 2. The third-order valence-electron chi connectivity index (χ3n) is 5.37. The molecule has 4 rings (SSSR count). The van der Waals surface area contributed by atoms with Crippen LogP contribution in [0.1, 0.15) is 29.9 Å². The Morgan fingerprint density at radius 1 is 1.04 bits per heavy atom. The van der Waals surface area contributed by atoms with Gasteiger partial charge in [0.25, 0.3) is 0 Å². The molecule has 0 spiro atoms. The Balaban J connectivity index is 1.46. The van der Waals surface area contributed by atoms with E-state index in [-0.39, 0.29) is 12.5 Å². The fraction of sp³-hybridized carbons (Fsp3) is 0.273. The zero-order chi connectivity index (χ0) is 18.8. The van der Waals surface area contributed by atoms with Crippen LogP contribution >= 0.6 is 0 Å². The Hall–Kier alpha value is -3.08. The van der Waals surface area contributed by atoms with E-state index in [1.165, 1.54) is 11.1 Å². The SMILES string of the molecule is O=C(N[C@@H]1C=CCC[C@H]1C(=O)O)OCC1c2ccccc2-c2ccccc21. The highest BCUT2D eigenvalue weighted by Gasteiger charge is 2.31. The Morgan fingerprint density at radius 2 is 1.67 bits per heavy atom. The van der Waals surface area contributed by atoms with Crippen LogP contribution in [0.4, 0.5) is 4.79 Å². The predicted molar refractivity (Wildman–Crippen MR) is 101 cm³/mol. The first-order chi connectivity index (χ1) is 13.1. The topological polar surface area (TPSA) is 75.6 Å². The Kier molecular flexibility index (Phi) is 4.67. The van der Waals surface area contributed by atoms with Gasteiger partial charge in [-0.15, -0.1) is 0 Å². The summed E-state index contributed by atoms with van der Waals surface area (Å²) in [4.78, 5) is 23.7. The second-order valence-electron chi connectivity index (χ2n) is 6.95. The van der Waals surface area contributed by atoms with Gasteiger partial charge in [-0.3, -0.25) is 4.79 Å². The molecule has 0 unspecified atom stereocenters. The minimum atomic E-state index is -0.900. The maximum atomic E-state index is 12.3. The van der Waals surface area contributed by atoms with Gasteiger partial charge in [0, 0.05) is 5.92 Å². The molecule has 2 N–H and O–H groups in total. The third kappa shape index (κ3) is 3.33. The molecule has 0 aromatic heterocycles. The number of amides is 1. The van der Waals surface area contributed by atoms with E-state index in [4.69, 9.17) is 4.74 Å². The van der Waals surface area contributed by atoms with E-state index in [0.717, 1.165) is 11.1 Å². The van der Waals surface area contributed by atoms with Gasteiger partial charge in [-0.05, 0) is 35.1 Å². The zero-order valence-electron chi connectivity index (χ0n) is 14.8. The van der Waals surface area contributed by atoms with Crippen LogP contribution in [0.15, 0.2) is 60.7 Å². The van der Waals surface area contributed by atoms with Crippen molar-refractivity contribution in [3.8, 4) is 11.1 Å². The molecule has 0 aliphatic heterocycles. The normalized spacial score (nSPS) is 20.6. The van der Waals surface area contributed by atoms with Crippen molar-refractivity contribution in [1.82, 2.24) is 5.32 Å². The average Bonchev–Trinajstić information content (AvgIpc) is 3.00. The summed E-state index contributed by atoms with van der Waals surface area (Å²) in [5.74, 6) is -1.53.